The second-order valence-electron chi connectivity index (χ2n) is 5.25. The molecule has 2 aromatic rings. The standard InChI is InChI=1S/C18H18N2O5/c1-25-18(24)20-14-9-5-8-13(10-14)19-16(21)11-15(17(22)23)12-6-3-2-4-7-12/h2-10,15H,11H2,1H3,(H,19,21)(H,20,24)(H,22,23). The van der Waals surface area contributed by atoms with Gasteiger partial charge in [0.1, 0.15) is 0 Å². The van der Waals surface area contributed by atoms with Crippen LogP contribution >= 0.6 is 0 Å². The molecule has 130 valence electrons. The first kappa shape index (κ1) is 18.0. The third kappa shape index (κ3) is 5.35. The van der Waals surface area contributed by atoms with Gasteiger partial charge < -0.3 is 15.2 Å². The summed E-state index contributed by atoms with van der Waals surface area (Å²) in [6, 6.07) is 15.0. The molecule has 0 radical (unpaired) electrons. The fourth-order valence-electron chi connectivity index (χ4n) is 2.27. The van der Waals surface area contributed by atoms with Crippen LogP contribution in [-0.4, -0.2) is 30.2 Å². The van der Waals surface area contributed by atoms with Gasteiger partial charge in [-0.05, 0) is 23.8 Å². The summed E-state index contributed by atoms with van der Waals surface area (Å²) in [5.41, 5.74) is 1.45. The van der Waals surface area contributed by atoms with Crippen LogP contribution in [0.2, 0.25) is 0 Å². The fraction of sp³-hybridized carbons (Fsp3) is 0.167. The van der Waals surface area contributed by atoms with Gasteiger partial charge >= 0.3 is 12.1 Å². The number of carboxylic acid groups (broad SMARTS) is 1. The number of rotatable bonds is 6. The van der Waals surface area contributed by atoms with Crippen LogP contribution < -0.4 is 10.6 Å². The van der Waals surface area contributed by atoms with E-state index in [4.69, 9.17) is 0 Å². The molecule has 2 aromatic carbocycles. The summed E-state index contributed by atoms with van der Waals surface area (Å²) in [5.74, 6) is -2.44. The number of hydrogen-bond acceptors (Lipinski definition) is 4. The summed E-state index contributed by atoms with van der Waals surface area (Å²) in [5, 5.41) is 14.5. The lowest BCUT2D eigenvalue weighted by molar-refractivity contribution is -0.140. The van der Waals surface area contributed by atoms with Gasteiger partial charge in [-0.1, -0.05) is 36.4 Å². The van der Waals surface area contributed by atoms with Crippen molar-refractivity contribution in [2.24, 2.45) is 0 Å². The number of ether oxygens (including phenoxy) is 1. The van der Waals surface area contributed by atoms with Crippen molar-refractivity contribution in [3.05, 3.63) is 60.2 Å². The number of carbonyl (C=O) groups excluding carboxylic acids is 2. The van der Waals surface area contributed by atoms with Gasteiger partial charge in [-0.15, -0.1) is 0 Å². The average molecular weight is 342 g/mol. The van der Waals surface area contributed by atoms with Gasteiger partial charge in [0, 0.05) is 17.8 Å². The topological polar surface area (TPSA) is 105 Å². The molecular formula is C18H18N2O5. The maximum Gasteiger partial charge on any atom is 0.411 e. The second-order valence-corrected chi connectivity index (χ2v) is 5.25. The van der Waals surface area contributed by atoms with Gasteiger partial charge in [-0.2, -0.15) is 0 Å². The van der Waals surface area contributed by atoms with Gasteiger partial charge in [-0.3, -0.25) is 14.9 Å². The number of carbonyl (C=O) groups is 3. The van der Waals surface area contributed by atoms with Gasteiger partial charge in [0.2, 0.25) is 5.91 Å². The molecule has 0 bridgehead atoms. The normalized spacial score (nSPS) is 11.2. The van der Waals surface area contributed by atoms with E-state index in [0.29, 0.717) is 16.9 Å². The quantitative estimate of drug-likeness (QED) is 0.748. The van der Waals surface area contributed by atoms with Gasteiger partial charge in [0.05, 0.1) is 13.0 Å². The molecule has 7 heteroatoms. The van der Waals surface area contributed by atoms with E-state index in [1.165, 1.54) is 7.11 Å². The minimum Gasteiger partial charge on any atom is -0.481 e. The van der Waals surface area contributed by atoms with Crippen LogP contribution in [0.15, 0.2) is 54.6 Å². The maximum atomic E-state index is 12.2. The summed E-state index contributed by atoms with van der Waals surface area (Å²) in [6.07, 6.45) is -0.827. The highest BCUT2D eigenvalue weighted by molar-refractivity contribution is 5.95. The Morgan fingerprint density at radius 1 is 1.00 bits per heavy atom. The van der Waals surface area contributed by atoms with Crippen molar-refractivity contribution in [3.8, 4) is 0 Å². The van der Waals surface area contributed by atoms with E-state index in [2.05, 4.69) is 15.4 Å². The molecule has 3 N–H and O–H groups in total. The Kier molecular flexibility index (Phi) is 6.11. The Morgan fingerprint density at radius 2 is 1.64 bits per heavy atom. The largest absolute Gasteiger partial charge is 0.481 e. The van der Waals surface area contributed by atoms with Crippen LogP contribution in [0, 0.1) is 0 Å². The lowest BCUT2D eigenvalue weighted by Crippen LogP contribution is -2.21. The Balaban J connectivity index is 2.05. The zero-order chi connectivity index (χ0) is 18.2. The summed E-state index contributed by atoms with van der Waals surface area (Å²) in [7, 11) is 1.25. The molecule has 0 saturated heterocycles. The number of anilines is 2. The number of amides is 2. The summed E-state index contributed by atoms with van der Waals surface area (Å²) < 4.78 is 4.50. The highest BCUT2D eigenvalue weighted by atomic mass is 16.5. The van der Waals surface area contributed by atoms with E-state index in [1.54, 1.807) is 54.6 Å². The number of hydrogen-bond donors (Lipinski definition) is 3. The van der Waals surface area contributed by atoms with Crippen molar-refractivity contribution >= 4 is 29.3 Å². The van der Waals surface area contributed by atoms with Gasteiger partial charge in [-0.25, -0.2) is 4.79 Å². The van der Waals surface area contributed by atoms with Crippen LogP contribution in [0.25, 0.3) is 0 Å². The zero-order valence-electron chi connectivity index (χ0n) is 13.6. The molecule has 0 saturated carbocycles. The van der Waals surface area contributed by atoms with Crippen molar-refractivity contribution in [1.29, 1.82) is 0 Å². The van der Waals surface area contributed by atoms with E-state index in [0.717, 1.165) is 0 Å². The van der Waals surface area contributed by atoms with Crippen LogP contribution in [0.5, 0.6) is 0 Å². The predicted octanol–water partition coefficient (Wildman–Crippen LogP) is 3.06. The molecule has 0 aliphatic rings. The molecule has 0 aliphatic heterocycles. The summed E-state index contributed by atoms with van der Waals surface area (Å²) >= 11 is 0. The average Bonchev–Trinajstić information content (AvgIpc) is 2.60. The van der Waals surface area contributed by atoms with E-state index in [9.17, 15) is 19.5 Å². The van der Waals surface area contributed by atoms with Crippen molar-refractivity contribution < 1.29 is 24.2 Å². The van der Waals surface area contributed by atoms with E-state index in [-0.39, 0.29) is 6.42 Å². The minimum atomic E-state index is -1.07. The molecule has 7 nitrogen and oxygen atoms in total. The summed E-state index contributed by atoms with van der Waals surface area (Å²) in [6.45, 7) is 0. The van der Waals surface area contributed by atoms with Crippen molar-refractivity contribution in [2.75, 3.05) is 17.7 Å². The van der Waals surface area contributed by atoms with Crippen molar-refractivity contribution in [1.82, 2.24) is 0 Å². The van der Waals surface area contributed by atoms with Crippen LogP contribution in [0.1, 0.15) is 17.9 Å². The molecule has 0 aromatic heterocycles. The van der Waals surface area contributed by atoms with Crippen LogP contribution in [-0.2, 0) is 14.3 Å². The van der Waals surface area contributed by atoms with Crippen molar-refractivity contribution in [3.63, 3.8) is 0 Å². The first-order valence-corrected chi connectivity index (χ1v) is 7.52. The first-order chi connectivity index (χ1) is 12.0. The lowest BCUT2D eigenvalue weighted by Gasteiger charge is -2.13. The monoisotopic (exact) mass is 342 g/mol. The number of aliphatic carboxylic acids is 1. The Bertz CT molecular complexity index is 761. The molecule has 1 unspecified atom stereocenters. The number of methoxy groups -OCH3 is 1. The predicted molar refractivity (Wildman–Crippen MR) is 92.5 cm³/mol. The fourth-order valence-corrected chi connectivity index (χ4v) is 2.27. The smallest absolute Gasteiger partial charge is 0.411 e. The lowest BCUT2D eigenvalue weighted by atomic mass is 9.95. The maximum absolute atomic E-state index is 12.2. The molecule has 2 rings (SSSR count). The van der Waals surface area contributed by atoms with Gasteiger partial charge in [0.15, 0.2) is 0 Å². The van der Waals surface area contributed by atoms with Crippen molar-refractivity contribution in [2.45, 2.75) is 12.3 Å². The molecular weight excluding hydrogens is 324 g/mol. The minimum absolute atomic E-state index is 0.200. The molecule has 0 fully saturated rings. The highest BCUT2D eigenvalue weighted by Gasteiger charge is 2.23. The van der Waals surface area contributed by atoms with E-state index >= 15 is 0 Å². The molecule has 2 amide bonds. The van der Waals surface area contributed by atoms with Crippen LogP contribution in [0.3, 0.4) is 0 Å². The Morgan fingerprint density at radius 3 is 2.24 bits per heavy atom. The third-order valence-corrected chi connectivity index (χ3v) is 3.47. The highest BCUT2D eigenvalue weighted by Crippen LogP contribution is 2.21. The van der Waals surface area contributed by atoms with Crippen LogP contribution in [0.4, 0.5) is 16.2 Å². The first-order valence-electron chi connectivity index (χ1n) is 7.52. The number of benzene rings is 2. The molecule has 0 heterocycles. The number of carboxylic acids is 1. The second kappa shape index (κ2) is 8.49. The summed E-state index contributed by atoms with van der Waals surface area (Å²) in [4.78, 5) is 34.9. The Hall–Kier alpha value is -3.35. The molecule has 0 spiro atoms. The van der Waals surface area contributed by atoms with Gasteiger partial charge in [0.25, 0.3) is 0 Å². The Labute approximate surface area is 144 Å². The van der Waals surface area contributed by atoms with E-state index in [1.807, 2.05) is 0 Å². The van der Waals surface area contributed by atoms with E-state index < -0.39 is 23.9 Å². The molecule has 25 heavy (non-hydrogen) atoms. The third-order valence-electron chi connectivity index (χ3n) is 3.47. The zero-order valence-corrected chi connectivity index (χ0v) is 13.6. The SMILES string of the molecule is COC(=O)Nc1cccc(NC(=O)CC(C(=O)O)c2ccccc2)c1. The molecule has 1 atom stereocenters. The number of nitrogens with one attached hydrogen (secondary N) is 2. The molecule has 0 aliphatic carbocycles.